The second-order valence-electron chi connectivity index (χ2n) is 5.17. The molecular formula is C14H13N5O5S2. The van der Waals surface area contributed by atoms with Crippen molar-refractivity contribution in [2.45, 2.75) is 10.9 Å². The maximum Gasteiger partial charge on any atom is 0.330 e. The molecule has 10 nitrogen and oxygen atoms in total. The number of sulfonamides is 1. The lowest BCUT2D eigenvalue weighted by atomic mass is 10.2. The van der Waals surface area contributed by atoms with Gasteiger partial charge in [0.05, 0.1) is 10.9 Å². The van der Waals surface area contributed by atoms with Crippen molar-refractivity contribution in [2.24, 2.45) is 0 Å². The van der Waals surface area contributed by atoms with Crippen LogP contribution in [0.2, 0.25) is 0 Å². The molecule has 0 unspecified atom stereocenters. The molecule has 136 valence electrons. The van der Waals surface area contributed by atoms with Gasteiger partial charge in [0.2, 0.25) is 0 Å². The van der Waals surface area contributed by atoms with Crippen molar-refractivity contribution in [1.82, 2.24) is 19.6 Å². The third-order valence-electron chi connectivity index (χ3n) is 3.39. The lowest BCUT2D eigenvalue weighted by Crippen LogP contribution is -2.45. The molecule has 0 bridgehead atoms. The van der Waals surface area contributed by atoms with Gasteiger partial charge in [-0.05, 0) is 29.6 Å². The zero-order valence-corrected chi connectivity index (χ0v) is 14.7. The van der Waals surface area contributed by atoms with E-state index < -0.39 is 34.0 Å². The third kappa shape index (κ3) is 3.45. The topological polar surface area (TPSA) is 156 Å². The van der Waals surface area contributed by atoms with Crippen LogP contribution in [0.3, 0.4) is 0 Å². The number of H-pyrrole nitrogens is 1. The Hall–Kier alpha value is -3.12. The smallest absolute Gasteiger partial charge is 0.330 e. The molecule has 0 radical (unpaired) electrons. The Kier molecular flexibility index (Phi) is 4.52. The number of thiophene rings is 1. The van der Waals surface area contributed by atoms with Gasteiger partial charge in [-0.3, -0.25) is 4.79 Å². The normalized spacial score (nSPS) is 11.4. The molecule has 26 heavy (non-hydrogen) atoms. The van der Waals surface area contributed by atoms with E-state index in [2.05, 4.69) is 10.3 Å². The van der Waals surface area contributed by atoms with Gasteiger partial charge in [0, 0.05) is 5.69 Å². The SMILES string of the molecule is Nc1ccc2c(=O)n(CNC(=O)NS(=O)(=O)c3cccs3)c(=O)[nH]c2c1. The summed E-state index contributed by atoms with van der Waals surface area (Å²) in [6.07, 6.45) is 0. The molecule has 12 heteroatoms. The molecule has 5 N–H and O–H groups in total. The van der Waals surface area contributed by atoms with E-state index in [0.717, 1.165) is 15.9 Å². The number of rotatable bonds is 4. The Morgan fingerprint density at radius 3 is 2.73 bits per heavy atom. The van der Waals surface area contributed by atoms with Crippen molar-refractivity contribution in [3.05, 3.63) is 56.5 Å². The number of aromatic amines is 1. The summed E-state index contributed by atoms with van der Waals surface area (Å²) < 4.78 is 26.4. The molecule has 1 aromatic carbocycles. The largest absolute Gasteiger partial charge is 0.399 e. The van der Waals surface area contributed by atoms with Gasteiger partial charge < -0.3 is 16.0 Å². The number of aromatic nitrogens is 2. The van der Waals surface area contributed by atoms with Crippen LogP contribution in [0.25, 0.3) is 10.9 Å². The average molecular weight is 395 g/mol. The number of urea groups is 1. The van der Waals surface area contributed by atoms with Crippen molar-refractivity contribution < 1.29 is 13.2 Å². The molecule has 3 rings (SSSR count). The summed E-state index contributed by atoms with van der Waals surface area (Å²) in [4.78, 5) is 38.7. The molecule has 0 fully saturated rings. The summed E-state index contributed by atoms with van der Waals surface area (Å²) in [5.41, 5.74) is 4.83. The zero-order chi connectivity index (χ0) is 18.9. The van der Waals surface area contributed by atoms with Crippen LogP contribution in [0.5, 0.6) is 0 Å². The maximum atomic E-state index is 12.4. The van der Waals surface area contributed by atoms with Crippen molar-refractivity contribution in [3.63, 3.8) is 0 Å². The first-order valence-electron chi connectivity index (χ1n) is 7.14. The molecule has 3 aromatic rings. The summed E-state index contributed by atoms with van der Waals surface area (Å²) in [7, 11) is -4.01. The van der Waals surface area contributed by atoms with Crippen LogP contribution in [-0.2, 0) is 16.7 Å². The van der Waals surface area contributed by atoms with Crippen LogP contribution < -0.4 is 27.0 Å². The van der Waals surface area contributed by atoms with E-state index in [4.69, 9.17) is 5.73 Å². The molecule has 2 aromatic heterocycles. The van der Waals surface area contributed by atoms with E-state index in [-0.39, 0.29) is 15.1 Å². The van der Waals surface area contributed by atoms with Crippen LogP contribution >= 0.6 is 11.3 Å². The highest BCUT2D eigenvalue weighted by molar-refractivity contribution is 7.92. The second-order valence-corrected chi connectivity index (χ2v) is 8.03. The van der Waals surface area contributed by atoms with Crippen LogP contribution in [0.4, 0.5) is 10.5 Å². The van der Waals surface area contributed by atoms with Crippen molar-refractivity contribution in [3.8, 4) is 0 Å². The highest BCUT2D eigenvalue weighted by Gasteiger charge is 2.18. The zero-order valence-electron chi connectivity index (χ0n) is 13.1. The third-order valence-corrected chi connectivity index (χ3v) is 6.12. The molecule has 0 atom stereocenters. The summed E-state index contributed by atoms with van der Waals surface area (Å²) in [6, 6.07) is 6.18. The number of hydrogen-bond donors (Lipinski definition) is 4. The summed E-state index contributed by atoms with van der Waals surface area (Å²) in [5.74, 6) is 0. The number of nitrogens with zero attached hydrogens (tertiary/aromatic N) is 1. The summed E-state index contributed by atoms with van der Waals surface area (Å²) >= 11 is 0.943. The molecule has 0 saturated carbocycles. The Bertz CT molecular complexity index is 1190. The van der Waals surface area contributed by atoms with E-state index in [1.165, 1.54) is 30.3 Å². The number of nitrogen functional groups attached to an aromatic ring is 1. The summed E-state index contributed by atoms with van der Waals surface area (Å²) in [5, 5.41) is 3.92. The fourth-order valence-electron chi connectivity index (χ4n) is 2.19. The monoisotopic (exact) mass is 395 g/mol. The van der Waals surface area contributed by atoms with Crippen LogP contribution in [-0.4, -0.2) is 24.0 Å². The van der Waals surface area contributed by atoms with Crippen molar-refractivity contribution >= 4 is 44.0 Å². The van der Waals surface area contributed by atoms with Crippen molar-refractivity contribution in [1.29, 1.82) is 0 Å². The molecule has 2 amide bonds. The van der Waals surface area contributed by atoms with Gasteiger partial charge in [-0.15, -0.1) is 11.3 Å². The van der Waals surface area contributed by atoms with E-state index in [0.29, 0.717) is 5.69 Å². The molecule has 0 aliphatic carbocycles. The molecule has 0 spiro atoms. The van der Waals surface area contributed by atoms with Gasteiger partial charge in [0.1, 0.15) is 10.9 Å². The van der Waals surface area contributed by atoms with Crippen molar-refractivity contribution in [2.75, 3.05) is 5.73 Å². The number of nitrogens with two attached hydrogens (primary N) is 1. The van der Waals surface area contributed by atoms with Gasteiger partial charge in [-0.1, -0.05) is 6.07 Å². The second kappa shape index (κ2) is 6.65. The number of amides is 2. The molecule has 0 aliphatic rings. The molecule has 0 aliphatic heterocycles. The Morgan fingerprint density at radius 2 is 2.04 bits per heavy atom. The first-order chi connectivity index (χ1) is 12.3. The van der Waals surface area contributed by atoms with E-state index in [1.54, 1.807) is 10.1 Å². The lowest BCUT2D eigenvalue weighted by Gasteiger charge is -2.09. The number of anilines is 1. The number of nitrogens with one attached hydrogen (secondary N) is 3. The standard InChI is InChI=1S/C14H13N5O5S2/c15-8-3-4-9-10(6-8)17-14(22)19(12(9)20)7-16-13(21)18-26(23,24)11-2-1-5-25-11/h1-6H,7,15H2,(H,17,22)(H2,16,18,21). The van der Waals surface area contributed by atoms with E-state index >= 15 is 0 Å². The highest BCUT2D eigenvalue weighted by Crippen LogP contribution is 2.15. The quantitative estimate of drug-likeness (QED) is 0.455. The highest BCUT2D eigenvalue weighted by atomic mass is 32.2. The summed E-state index contributed by atoms with van der Waals surface area (Å²) in [6.45, 7) is -0.514. The maximum absolute atomic E-state index is 12.4. The fourth-order valence-corrected chi connectivity index (χ4v) is 4.11. The number of benzene rings is 1. The minimum absolute atomic E-state index is 0.0361. The number of carbonyl (C=O) groups excluding carboxylic acids is 1. The molecular weight excluding hydrogens is 382 g/mol. The number of carbonyl (C=O) groups is 1. The van der Waals surface area contributed by atoms with E-state index in [9.17, 15) is 22.8 Å². The van der Waals surface area contributed by atoms with Crippen LogP contribution in [0, 0.1) is 0 Å². The molecule has 2 heterocycles. The first-order valence-corrected chi connectivity index (χ1v) is 9.51. The van der Waals surface area contributed by atoms with Gasteiger partial charge in [-0.2, -0.15) is 0 Å². The Labute approximate surface area is 150 Å². The minimum atomic E-state index is -4.01. The average Bonchev–Trinajstić information content (AvgIpc) is 3.09. The first kappa shape index (κ1) is 17.7. The minimum Gasteiger partial charge on any atom is -0.399 e. The molecule has 0 saturated heterocycles. The van der Waals surface area contributed by atoms with Gasteiger partial charge in [0.15, 0.2) is 0 Å². The number of fused-ring (bicyclic) bond motifs is 1. The van der Waals surface area contributed by atoms with E-state index in [1.807, 2.05) is 0 Å². The predicted molar refractivity (Wildman–Crippen MR) is 96.4 cm³/mol. The number of hydrogen-bond acceptors (Lipinski definition) is 7. The lowest BCUT2D eigenvalue weighted by molar-refractivity contribution is 0.243. The Balaban J connectivity index is 1.80. The van der Waals surface area contributed by atoms with Gasteiger partial charge >= 0.3 is 11.7 Å². The van der Waals surface area contributed by atoms with Crippen LogP contribution in [0.15, 0.2) is 49.5 Å². The van der Waals surface area contributed by atoms with Gasteiger partial charge in [0.25, 0.3) is 15.6 Å². The van der Waals surface area contributed by atoms with Crippen LogP contribution in [0.1, 0.15) is 0 Å². The Morgan fingerprint density at radius 1 is 1.27 bits per heavy atom. The fraction of sp³-hybridized carbons (Fsp3) is 0.0714. The predicted octanol–water partition coefficient (Wildman–Crippen LogP) is -0.0209. The van der Waals surface area contributed by atoms with Gasteiger partial charge in [-0.25, -0.2) is 27.3 Å².